The summed E-state index contributed by atoms with van der Waals surface area (Å²) in [5.74, 6) is 1.22. The van der Waals surface area contributed by atoms with Crippen molar-refractivity contribution >= 4 is 53.4 Å². The zero-order valence-corrected chi connectivity index (χ0v) is 23.9. The van der Waals surface area contributed by atoms with Crippen molar-refractivity contribution in [2.75, 3.05) is 44.7 Å². The zero-order valence-electron chi connectivity index (χ0n) is 21.4. The number of nitrogens with zero attached hydrogens (tertiary/aromatic N) is 3. The Kier molecular flexibility index (Phi) is 8.46. The summed E-state index contributed by atoms with van der Waals surface area (Å²) in [6.45, 7) is 6.89. The first-order valence-corrected chi connectivity index (χ1v) is 15.4. The van der Waals surface area contributed by atoms with Crippen LogP contribution in [0.15, 0.2) is 36.5 Å². The lowest BCUT2D eigenvalue weighted by Crippen LogP contribution is -2.30. The van der Waals surface area contributed by atoms with Gasteiger partial charge in [0.15, 0.2) is 5.82 Å². The largest absolute Gasteiger partial charge is 0.495 e. The normalized spacial score (nSPS) is 15.6. The first kappa shape index (κ1) is 28.1. The van der Waals surface area contributed by atoms with Crippen molar-refractivity contribution in [1.82, 2.24) is 14.9 Å². The fourth-order valence-corrected chi connectivity index (χ4v) is 5.08. The minimum Gasteiger partial charge on any atom is -0.495 e. The second kappa shape index (κ2) is 11.4. The molecule has 1 aliphatic rings. The Morgan fingerprint density at radius 2 is 1.89 bits per heavy atom. The highest BCUT2D eigenvalue weighted by atomic mass is 35.5. The molecule has 2 aromatic carbocycles. The number of fused-ring (bicyclic) bond motifs is 1. The van der Waals surface area contributed by atoms with Crippen LogP contribution in [0, 0.1) is 0 Å². The Labute approximate surface area is 227 Å². The second-order valence-corrected chi connectivity index (χ2v) is 12.0. The minimum absolute atomic E-state index is 0.189. The van der Waals surface area contributed by atoms with Gasteiger partial charge in [-0.2, -0.15) is 13.4 Å². The lowest BCUT2D eigenvalue weighted by atomic mass is 9.93. The van der Waals surface area contributed by atoms with Crippen molar-refractivity contribution in [2.24, 2.45) is 0 Å². The predicted molar refractivity (Wildman–Crippen MR) is 148 cm³/mol. The fourth-order valence-electron chi connectivity index (χ4n) is 4.05. The van der Waals surface area contributed by atoms with Crippen molar-refractivity contribution in [3.05, 3.63) is 52.7 Å². The van der Waals surface area contributed by atoms with Crippen molar-refractivity contribution in [3.63, 3.8) is 0 Å². The number of rotatable bonds is 9. The Balaban J connectivity index is 1.67. The van der Waals surface area contributed by atoms with Gasteiger partial charge in [0, 0.05) is 18.7 Å². The van der Waals surface area contributed by atoms with Crippen LogP contribution in [0.1, 0.15) is 24.1 Å². The highest BCUT2D eigenvalue weighted by molar-refractivity contribution is 7.81. The van der Waals surface area contributed by atoms with E-state index in [4.69, 9.17) is 20.9 Å². The molecule has 204 valence electrons. The van der Waals surface area contributed by atoms with E-state index in [0.29, 0.717) is 17.2 Å². The molecule has 0 amide bonds. The number of methoxy groups -OCH3 is 1. The van der Waals surface area contributed by atoms with Crippen LogP contribution in [0.5, 0.6) is 17.2 Å². The van der Waals surface area contributed by atoms with Crippen molar-refractivity contribution in [2.45, 2.75) is 19.4 Å². The molecule has 1 aromatic heterocycles. The van der Waals surface area contributed by atoms with E-state index in [2.05, 4.69) is 43.7 Å². The van der Waals surface area contributed by atoms with Crippen LogP contribution < -0.4 is 24.1 Å². The summed E-state index contributed by atoms with van der Waals surface area (Å²) in [4.78, 5) is 11.1. The fraction of sp³-hybridized carbons (Fsp3) is 0.333. The molecule has 0 fully saturated rings. The van der Waals surface area contributed by atoms with E-state index in [1.165, 1.54) is 35.5 Å². The number of nitrogens with one attached hydrogen (secondary N) is 2. The summed E-state index contributed by atoms with van der Waals surface area (Å²) in [7, 11) is -2.36. The van der Waals surface area contributed by atoms with Crippen LogP contribution in [-0.2, 0) is 16.9 Å². The molecule has 38 heavy (non-hydrogen) atoms. The number of hydrogen-bond acceptors (Lipinski definition) is 10. The van der Waals surface area contributed by atoms with E-state index in [1.54, 1.807) is 7.11 Å². The number of likely N-dealkylation sites (N-methyl/N-ethyl adjacent to an activating group) is 1. The molecule has 2 heterocycles. The molecular weight excluding hydrogens is 556 g/mol. The summed E-state index contributed by atoms with van der Waals surface area (Å²) in [5.41, 5.74) is 3.38. The van der Waals surface area contributed by atoms with Gasteiger partial charge >= 0.3 is 10.5 Å². The lowest BCUT2D eigenvalue weighted by molar-refractivity contribution is 0.247. The number of anilines is 4. The lowest BCUT2D eigenvalue weighted by Gasteiger charge is -2.33. The van der Waals surface area contributed by atoms with E-state index in [1.807, 2.05) is 25.5 Å². The van der Waals surface area contributed by atoms with Gasteiger partial charge in [-0.3, -0.25) is 4.90 Å². The second-order valence-electron chi connectivity index (χ2n) is 8.84. The van der Waals surface area contributed by atoms with Crippen LogP contribution in [0.25, 0.3) is 0 Å². The topological polar surface area (TPSA) is 115 Å². The monoisotopic (exact) mass is 583 g/mol. The van der Waals surface area contributed by atoms with Gasteiger partial charge in [-0.25, -0.2) is 4.98 Å². The van der Waals surface area contributed by atoms with Crippen LogP contribution >= 0.6 is 19.7 Å². The number of ether oxygens (including phenoxy) is 1. The van der Waals surface area contributed by atoms with E-state index in [0.717, 1.165) is 13.0 Å². The van der Waals surface area contributed by atoms with Gasteiger partial charge in [0.25, 0.3) is 0 Å². The highest BCUT2D eigenvalue weighted by Crippen LogP contribution is 2.40. The third kappa shape index (κ3) is 6.74. The summed E-state index contributed by atoms with van der Waals surface area (Å²) in [5, 5.41) is 6.41. The molecular formula is C24H28ClFN5O5PS. The van der Waals surface area contributed by atoms with Gasteiger partial charge in [-0.05, 0) is 69.1 Å². The summed E-state index contributed by atoms with van der Waals surface area (Å²) in [6, 6.07) is 8.33. The SMILES string of the molecule is COc1cc2c(cc1Nc1ncc(Cl)c(Nc3cc(OS(=O)(=O)F)ccc3OP(C)C)n1)C(C)N(C)CC2. The predicted octanol–water partition coefficient (Wildman–Crippen LogP) is 5.80. The van der Waals surface area contributed by atoms with E-state index < -0.39 is 18.7 Å². The van der Waals surface area contributed by atoms with Gasteiger partial charge in [0.1, 0.15) is 22.3 Å². The van der Waals surface area contributed by atoms with Crippen LogP contribution in [0.2, 0.25) is 5.02 Å². The van der Waals surface area contributed by atoms with Gasteiger partial charge in [-0.15, -0.1) is 0 Å². The summed E-state index contributed by atoms with van der Waals surface area (Å²) in [6.07, 6.45) is 2.34. The molecule has 1 unspecified atom stereocenters. The molecule has 4 rings (SSSR count). The molecule has 0 saturated heterocycles. The minimum atomic E-state index is -5.21. The number of benzene rings is 2. The van der Waals surface area contributed by atoms with Gasteiger partial charge < -0.3 is 24.1 Å². The molecule has 0 saturated carbocycles. The van der Waals surface area contributed by atoms with Gasteiger partial charge in [0.05, 0.1) is 32.8 Å². The van der Waals surface area contributed by atoms with Crippen molar-refractivity contribution in [1.29, 1.82) is 0 Å². The van der Waals surface area contributed by atoms with E-state index >= 15 is 0 Å². The first-order chi connectivity index (χ1) is 17.9. The molecule has 14 heteroatoms. The molecule has 1 aliphatic heterocycles. The standard InChI is InChI=1S/C24H28ClFN5O5PS/c1-14-17-12-20(22(34-3)10-15(17)8-9-31(14)2)29-24-27-13-18(25)23(30-24)28-19-11-16(36-38(26,32)33)6-7-21(19)35-37(4)5/h6-7,10-14H,8-9H2,1-5H3,(H2,27,28,29,30). The molecule has 0 radical (unpaired) electrons. The Morgan fingerprint density at radius 1 is 1.16 bits per heavy atom. The number of hydrogen-bond donors (Lipinski definition) is 2. The first-order valence-electron chi connectivity index (χ1n) is 11.5. The maximum absolute atomic E-state index is 13.1. The third-order valence-corrected chi connectivity index (χ3v) is 7.21. The highest BCUT2D eigenvalue weighted by Gasteiger charge is 2.23. The van der Waals surface area contributed by atoms with E-state index in [-0.39, 0.29) is 34.3 Å². The quantitative estimate of drug-likeness (QED) is 0.236. The van der Waals surface area contributed by atoms with Crippen LogP contribution in [-0.4, -0.2) is 57.3 Å². The molecule has 3 aromatic rings. The Hall–Kier alpha value is -2.92. The zero-order chi connectivity index (χ0) is 27.6. The molecule has 2 N–H and O–H groups in total. The molecule has 0 aliphatic carbocycles. The summed E-state index contributed by atoms with van der Waals surface area (Å²) < 4.78 is 50.9. The Bertz CT molecular complexity index is 1450. The molecule has 10 nitrogen and oxygen atoms in total. The third-order valence-electron chi connectivity index (χ3n) is 5.98. The van der Waals surface area contributed by atoms with Crippen molar-refractivity contribution in [3.8, 4) is 17.2 Å². The van der Waals surface area contributed by atoms with Crippen LogP contribution in [0.3, 0.4) is 0 Å². The summed E-state index contributed by atoms with van der Waals surface area (Å²) >= 11 is 6.37. The average molecular weight is 584 g/mol. The number of aromatic nitrogens is 2. The molecule has 0 bridgehead atoms. The van der Waals surface area contributed by atoms with E-state index in [9.17, 15) is 12.3 Å². The maximum atomic E-state index is 13.1. The maximum Gasteiger partial charge on any atom is 0.488 e. The van der Waals surface area contributed by atoms with Crippen LogP contribution in [0.4, 0.5) is 27.0 Å². The molecule has 1 atom stereocenters. The average Bonchev–Trinajstić information content (AvgIpc) is 2.84. The Morgan fingerprint density at radius 3 is 2.58 bits per heavy atom. The molecule has 0 spiro atoms. The van der Waals surface area contributed by atoms with Crippen molar-refractivity contribution < 1.29 is 25.7 Å². The smallest absolute Gasteiger partial charge is 0.488 e. The van der Waals surface area contributed by atoms with Gasteiger partial charge in [-0.1, -0.05) is 15.5 Å². The van der Waals surface area contributed by atoms with Gasteiger partial charge in [0.2, 0.25) is 5.95 Å². The number of halogens is 2.